The highest BCUT2D eigenvalue weighted by atomic mass is 32.2. The number of aromatic nitrogens is 2. The molecule has 0 radical (unpaired) electrons. The normalized spacial score (nSPS) is 10.3. The molecule has 2 heterocycles. The number of oxazole rings is 1. The lowest BCUT2D eigenvalue weighted by Gasteiger charge is -2.07. The van der Waals surface area contributed by atoms with Gasteiger partial charge in [0.15, 0.2) is 0 Å². The summed E-state index contributed by atoms with van der Waals surface area (Å²) >= 11 is 1.19. The van der Waals surface area contributed by atoms with E-state index in [-0.39, 0.29) is 5.82 Å². The second-order valence-corrected chi connectivity index (χ2v) is 4.22. The van der Waals surface area contributed by atoms with E-state index >= 15 is 0 Å². The molecule has 0 saturated heterocycles. The van der Waals surface area contributed by atoms with Gasteiger partial charge in [0.2, 0.25) is 0 Å². The Balaban J connectivity index is 2.31. The van der Waals surface area contributed by atoms with E-state index in [9.17, 15) is 4.79 Å². The molecule has 18 heavy (non-hydrogen) atoms. The Kier molecular flexibility index (Phi) is 3.83. The summed E-state index contributed by atoms with van der Waals surface area (Å²) in [6.07, 6.45) is 4.48. The van der Waals surface area contributed by atoms with Crippen LogP contribution in [-0.4, -0.2) is 22.5 Å². The first-order valence-electron chi connectivity index (χ1n) is 5.20. The molecule has 7 heteroatoms. The predicted molar refractivity (Wildman–Crippen MR) is 65.2 cm³/mol. The van der Waals surface area contributed by atoms with Crippen molar-refractivity contribution in [3.63, 3.8) is 0 Å². The van der Waals surface area contributed by atoms with Crippen molar-refractivity contribution in [3.8, 4) is 0 Å². The largest absolute Gasteiger partial charge is 0.462 e. The number of nitrogen functional groups attached to an aromatic ring is 1. The smallest absolute Gasteiger partial charge is 0.339 e. The summed E-state index contributed by atoms with van der Waals surface area (Å²) in [5, 5.41) is 0.423. The molecule has 0 bridgehead atoms. The molecule has 6 nitrogen and oxygen atoms in total. The number of rotatable bonds is 4. The fourth-order valence-electron chi connectivity index (χ4n) is 1.26. The van der Waals surface area contributed by atoms with E-state index in [1.54, 1.807) is 6.92 Å². The van der Waals surface area contributed by atoms with Gasteiger partial charge >= 0.3 is 5.97 Å². The van der Waals surface area contributed by atoms with Crippen LogP contribution in [0, 0.1) is 0 Å². The molecule has 0 atom stereocenters. The van der Waals surface area contributed by atoms with Gasteiger partial charge in [0.25, 0.3) is 5.22 Å². The van der Waals surface area contributed by atoms with Crippen molar-refractivity contribution in [2.45, 2.75) is 17.0 Å². The number of hydrogen-bond donors (Lipinski definition) is 1. The number of ether oxygens (including phenoxy) is 1. The molecule has 0 amide bonds. The maximum atomic E-state index is 11.8. The molecule has 94 valence electrons. The van der Waals surface area contributed by atoms with Crippen LogP contribution in [0.25, 0.3) is 0 Å². The lowest BCUT2D eigenvalue weighted by Crippen LogP contribution is -2.07. The topological polar surface area (TPSA) is 91.2 Å². The van der Waals surface area contributed by atoms with Gasteiger partial charge in [-0.2, -0.15) is 0 Å². The summed E-state index contributed by atoms with van der Waals surface area (Å²) in [5.74, 6) is -0.185. The maximum absolute atomic E-state index is 11.8. The number of anilines is 1. The van der Waals surface area contributed by atoms with Gasteiger partial charge in [-0.3, -0.25) is 0 Å². The Hall–Kier alpha value is -2.02. The summed E-state index contributed by atoms with van der Waals surface area (Å²) in [5.41, 5.74) is 5.92. The second kappa shape index (κ2) is 5.54. The van der Waals surface area contributed by atoms with Gasteiger partial charge in [0.1, 0.15) is 12.1 Å². The highest BCUT2D eigenvalue weighted by Gasteiger charge is 2.16. The minimum absolute atomic E-state index is 0.259. The van der Waals surface area contributed by atoms with Crippen LogP contribution in [0.5, 0.6) is 0 Å². The first-order valence-corrected chi connectivity index (χ1v) is 6.02. The van der Waals surface area contributed by atoms with Crippen LogP contribution in [0.4, 0.5) is 5.82 Å². The standard InChI is InChI=1S/C11H11N3O3S/c1-2-16-10(15)7-5-9(12)14-6-8(7)18-11-13-3-4-17-11/h3-6H,2H2,1H3,(H2,12,14). The van der Waals surface area contributed by atoms with E-state index < -0.39 is 5.97 Å². The van der Waals surface area contributed by atoms with Crippen LogP contribution < -0.4 is 5.73 Å². The third kappa shape index (κ3) is 2.80. The molecule has 0 aliphatic rings. The maximum Gasteiger partial charge on any atom is 0.339 e. The Labute approximate surface area is 108 Å². The lowest BCUT2D eigenvalue weighted by molar-refractivity contribution is 0.0522. The Bertz CT molecular complexity index is 542. The summed E-state index contributed by atoms with van der Waals surface area (Å²) in [6.45, 7) is 2.04. The molecular weight excluding hydrogens is 254 g/mol. The first-order chi connectivity index (χ1) is 8.70. The van der Waals surface area contributed by atoms with Crippen molar-refractivity contribution in [3.05, 3.63) is 30.3 Å². The molecule has 2 aromatic heterocycles. The zero-order chi connectivity index (χ0) is 13.0. The number of nitrogens with two attached hydrogens (primary N) is 1. The van der Waals surface area contributed by atoms with Gasteiger partial charge in [-0.1, -0.05) is 0 Å². The van der Waals surface area contributed by atoms with Gasteiger partial charge in [0.05, 0.1) is 18.4 Å². The van der Waals surface area contributed by atoms with Crippen molar-refractivity contribution in [2.75, 3.05) is 12.3 Å². The highest BCUT2D eigenvalue weighted by molar-refractivity contribution is 7.99. The number of carbonyl (C=O) groups excluding carboxylic acids is 1. The minimum atomic E-state index is -0.444. The first kappa shape index (κ1) is 12.4. The summed E-state index contributed by atoms with van der Waals surface area (Å²) in [4.78, 5) is 20.3. The molecule has 0 aromatic carbocycles. The van der Waals surface area contributed by atoms with Crippen molar-refractivity contribution in [1.82, 2.24) is 9.97 Å². The van der Waals surface area contributed by atoms with E-state index in [1.807, 2.05) is 0 Å². The number of carbonyl (C=O) groups is 1. The summed E-state index contributed by atoms with van der Waals surface area (Å²) in [6, 6.07) is 1.48. The van der Waals surface area contributed by atoms with Gasteiger partial charge in [-0.25, -0.2) is 14.8 Å². The SMILES string of the molecule is CCOC(=O)c1cc(N)ncc1Sc1ncco1. The van der Waals surface area contributed by atoms with E-state index in [0.29, 0.717) is 22.3 Å². The van der Waals surface area contributed by atoms with Crippen molar-refractivity contribution in [1.29, 1.82) is 0 Å². The monoisotopic (exact) mass is 265 g/mol. The Morgan fingerprint density at radius 1 is 1.56 bits per heavy atom. The van der Waals surface area contributed by atoms with Gasteiger partial charge in [-0.15, -0.1) is 0 Å². The molecule has 0 saturated carbocycles. The fraction of sp³-hybridized carbons (Fsp3) is 0.182. The molecular formula is C11H11N3O3S. The van der Waals surface area contributed by atoms with Crippen molar-refractivity contribution >= 4 is 23.5 Å². The average Bonchev–Trinajstić information content (AvgIpc) is 2.84. The van der Waals surface area contributed by atoms with Crippen LogP contribution in [0.2, 0.25) is 0 Å². The zero-order valence-corrected chi connectivity index (χ0v) is 10.4. The van der Waals surface area contributed by atoms with Crippen LogP contribution >= 0.6 is 11.8 Å². The molecule has 0 spiro atoms. The average molecular weight is 265 g/mol. The number of nitrogens with zero attached hydrogens (tertiary/aromatic N) is 2. The quantitative estimate of drug-likeness (QED) is 0.845. The fourth-order valence-corrected chi connectivity index (χ4v) is 2.03. The van der Waals surface area contributed by atoms with Crippen LogP contribution in [-0.2, 0) is 4.74 Å². The van der Waals surface area contributed by atoms with Crippen LogP contribution in [0.3, 0.4) is 0 Å². The van der Waals surface area contributed by atoms with Crippen LogP contribution in [0.1, 0.15) is 17.3 Å². The second-order valence-electron chi connectivity index (χ2n) is 3.23. The minimum Gasteiger partial charge on any atom is -0.462 e. The van der Waals surface area contributed by atoms with Gasteiger partial charge in [-0.05, 0) is 24.8 Å². The molecule has 2 N–H and O–H groups in total. The third-order valence-corrected chi connectivity index (χ3v) is 2.91. The Morgan fingerprint density at radius 3 is 3.06 bits per heavy atom. The molecule has 0 fully saturated rings. The van der Waals surface area contributed by atoms with Crippen LogP contribution in [0.15, 0.2) is 39.3 Å². The van der Waals surface area contributed by atoms with Gasteiger partial charge in [0, 0.05) is 11.1 Å². The summed E-state index contributed by atoms with van der Waals surface area (Å²) < 4.78 is 10.1. The molecule has 0 aliphatic heterocycles. The molecule has 0 unspecified atom stereocenters. The number of esters is 1. The Morgan fingerprint density at radius 2 is 2.39 bits per heavy atom. The van der Waals surface area contributed by atoms with Crippen molar-refractivity contribution < 1.29 is 13.9 Å². The van der Waals surface area contributed by atoms with E-state index in [0.717, 1.165) is 0 Å². The highest BCUT2D eigenvalue weighted by Crippen LogP contribution is 2.29. The zero-order valence-electron chi connectivity index (χ0n) is 9.62. The summed E-state index contributed by atoms with van der Waals surface area (Å²) in [7, 11) is 0. The van der Waals surface area contributed by atoms with Crippen molar-refractivity contribution in [2.24, 2.45) is 0 Å². The lowest BCUT2D eigenvalue weighted by atomic mass is 10.2. The van der Waals surface area contributed by atoms with Gasteiger partial charge < -0.3 is 14.9 Å². The molecule has 2 rings (SSSR count). The number of hydrogen-bond acceptors (Lipinski definition) is 7. The van der Waals surface area contributed by atoms with E-state index in [1.165, 1.54) is 36.5 Å². The van der Waals surface area contributed by atoms with E-state index in [4.69, 9.17) is 14.9 Å². The molecule has 0 aliphatic carbocycles. The number of pyridine rings is 1. The third-order valence-electron chi connectivity index (χ3n) is 1.99. The predicted octanol–water partition coefficient (Wildman–Crippen LogP) is 1.98. The van der Waals surface area contributed by atoms with E-state index in [2.05, 4.69) is 9.97 Å². The molecule has 2 aromatic rings.